The molecule has 0 spiro atoms. The molecule has 17 heavy (non-hydrogen) atoms. The summed E-state index contributed by atoms with van der Waals surface area (Å²) in [5, 5.41) is 2.62. The molecular weight excluding hydrogens is 289 g/mol. The zero-order valence-electron chi connectivity index (χ0n) is 8.73. The maximum absolute atomic E-state index is 12.7. The van der Waals surface area contributed by atoms with Crippen molar-refractivity contribution in [3.05, 3.63) is 29.0 Å². The van der Waals surface area contributed by atoms with Gasteiger partial charge < -0.3 is 5.32 Å². The Morgan fingerprint density at radius 3 is 3.00 bits per heavy atom. The number of amides is 1. The van der Waals surface area contributed by atoms with Gasteiger partial charge in [0.15, 0.2) is 5.82 Å². The fraction of sp³-hybridized carbons (Fsp3) is 0.273. The highest BCUT2D eigenvalue weighted by Gasteiger charge is 2.43. The van der Waals surface area contributed by atoms with Crippen LogP contribution in [0.25, 0.3) is 5.65 Å². The van der Waals surface area contributed by atoms with Crippen LogP contribution in [0, 0.1) is 5.92 Å². The zero-order valence-corrected chi connectivity index (χ0v) is 10.3. The van der Waals surface area contributed by atoms with Crippen LogP contribution >= 0.6 is 15.9 Å². The number of carbonyl (C=O) groups is 1. The van der Waals surface area contributed by atoms with Crippen LogP contribution in [0.2, 0.25) is 0 Å². The van der Waals surface area contributed by atoms with Crippen molar-refractivity contribution in [2.24, 2.45) is 5.92 Å². The van der Waals surface area contributed by atoms with Gasteiger partial charge in [-0.1, -0.05) is 6.07 Å². The van der Waals surface area contributed by atoms with Crippen LogP contribution in [0.3, 0.4) is 0 Å². The summed E-state index contributed by atoms with van der Waals surface area (Å²) in [5.41, 5.74) is 0.724. The maximum atomic E-state index is 12.7. The summed E-state index contributed by atoms with van der Waals surface area (Å²) in [6, 6.07) is 5.56. The first kappa shape index (κ1) is 10.7. The Morgan fingerprint density at radius 2 is 2.35 bits per heavy atom. The number of alkyl halides is 1. The minimum atomic E-state index is -0.987. The molecule has 2 atom stereocenters. The molecule has 1 saturated carbocycles. The lowest BCUT2D eigenvalue weighted by molar-refractivity contribution is -0.117. The van der Waals surface area contributed by atoms with Gasteiger partial charge in [0.05, 0.1) is 16.7 Å². The number of rotatable bonds is 2. The molecule has 1 aliphatic carbocycles. The van der Waals surface area contributed by atoms with Gasteiger partial charge in [0.2, 0.25) is 5.91 Å². The predicted octanol–water partition coefficient (Wildman–Crippen LogP) is 2.39. The topological polar surface area (TPSA) is 46.4 Å². The third-order valence-electron chi connectivity index (χ3n) is 2.74. The molecule has 0 radical (unpaired) electrons. The quantitative estimate of drug-likeness (QED) is 0.865. The second kappa shape index (κ2) is 3.80. The molecule has 4 nitrogen and oxygen atoms in total. The predicted molar refractivity (Wildman–Crippen MR) is 64.5 cm³/mol. The summed E-state index contributed by atoms with van der Waals surface area (Å²) < 4.78 is 15.3. The molecule has 0 saturated heterocycles. The Kier molecular flexibility index (Phi) is 2.39. The van der Waals surface area contributed by atoms with Gasteiger partial charge in [-0.05, 0) is 34.5 Å². The van der Waals surface area contributed by atoms with Crippen LogP contribution in [-0.2, 0) is 4.79 Å². The number of aromatic nitrogens is 2. The third kappa shape index (κ3) is 1.93. The Morgan fingerprint density at radius 1 is 1.59 bits per heavy atom. The second-order valence-electron chi connectivity index (χ2n) is 4.05. The van der Waals surface area contributed by atoms with E-state index in [0.717, 1.165) is 10.3 Å². The lowest BCUT2D eigenvalue weighted by Gasteiger charge is -1.97. The molecule has 1 amide bonds. The van der Waals surface area contributed by atoms with Crippen molar-refractivity contribution in [2.45, 2.75) is 12.6 Å². The number of nitrogens with zero attached hydrogens (tertiary/aromatic N) is 2. The normalized spacial score (nSPS) is 22.7. The molecule has 6 heteroatoms. The number of anilines is 1. The van der Waals surface area contributed by atoms with Gasteiger partial charge >= 0.3 is 0 Å². The van der Waals surface area contributed by atoms with E-state index in [-0.39, 0.29) is 5.91 Å². The molecule has 1 aliphatic rings. The number of nitrogens with one attached hydrogen (secondary N) is 1. The second-order valence-corrected chi connectivity index (χ2v) is 4.86. The highest BCUT2D eigenvalue weighted by molar-refractivity contribution is 9.10. The van der Waals surface area contributed by atoms with E-state index in [4.69, 9.17) is 0 Å². The summed E-state index contributed by atoms with van der Waals surface area (Å²) in [7, 11) is 0. The van der Waals surface area contributed by atoms with Gasteiger partial charge in [0, 0.05) is 0 Å². The van der Waals surface area contributed by atoms with E-state index in [1.54, 1.807) is 10.6 Å². The first-order chi connectivity index (χ1) is 8.15. The van der Waals surface area contributed by atoms with Gasteiger partial charge in [-0.25, -0.2) is 9.37 Å². The standard InChI is InChI=1S/C11H9BrFN3O/c12-8-2-1-3-10-14-9(5-16(8)10)15-11(17)6-4-7(6)13/h1-3,5-7H,4H2,(H,15,17). The third-order valence-corrected chi connectivity index (χ3v) is 3.39. The van der Waals surface area contributed by atoms with Gasteiger partial charge in [-0.15, -0.1) is 0 Å². The van der Waals surface area contributed by atoms with Crippen molar-refractivity contribution in [1.29, 1.82) is 0 Å². The summed E-state index contributed by atoms with van der Waals surface area (Å²) in [6.07, 6.45) is 1.04. The smallest absolute Gasteiger partial charge is 0.231 e. The van der Waals surface area contributed by atoms with Gasteiger partial charge in [-0.3, -0.25) is 9.20 Å². The maximum Gasteiger partial charge on any atom is 0.231 e. The highest BCUT2D eigenvalue weighted by Crippen LogP contribution is 2.34. The monoisotopic (exact) mass is 297 g/mol. The minimum absolute atomic E-state index is 0.294. The lowest BCUT2D eigenvalue weighted by atomic mass is 10.4. The van der Waals surface area contributed by atoms with Crippen LogP contribution in [-0.4, -0.2) is 21.5 Å². The van der Waals surface area contributed by atoms with Gasteiger partial charge in [-0.2, -0.15) is 0 Å². The summed E-state index contributed by atoms with van der Waals surface area (Å²) in [6.45, 7) is 0. The summed E-state index contributed by atoms with van der Waals surface area (Å²) in [5.74, 6) is -0.346. The molecule has 2 unspecified atom stereocenters. The molecule has 88 valence electrons. The first-order valence-electron chi connectivity index (χ1n) is 5.24. The van der Waals surface area contributed by atoms with E-state index in [1.165, 1.54) is 0 Å². The number of imidazole rings is 1. The van der Waals surface area contributed by atoms with Crippen molar-refractivity contribution >= 4 is 33.3 Å². The molecule has 1 N–H and O–H groups in total. The molecule has 2 heterocycles. The van der Waals surface area contributed by atoms with Crippen LogP contribution in [0.1, 0.15) is 6.42 Å². The van der Waals surface area contributed by atoms with Crippen LogP contribution < -0.4 is 5.32 Å². The van der Waals surface area contributed by atoms with Crippen molar-refractivity contribution in [3.63, 3.8) is 0 Å². The van der Waals surface area contributed by atoms with E-state index >= 15 is 0 Å². The minimum Gasteiger partial charge on any atom is -0.309 e. The molecule has 1 fully saturated rings. The molecule has 2 aromatic rings. The summed E-state index contributed by atoms with van der Waals surface area (Å²) in [4.78, 5) is 15.8. The Hall–Kier alpha value is -1.43. The number of carbonyl (C=O) groups excluding carboxylic acids is 1. The molecular formula is C11H9BrFN3O. The molecule has 0 aromatic carbocycles. The average molecular weight is 298 g/mol. The number of fused-ring (bicyclic) bond motifs is 1. The lowest BCUT2D eigenvalue weighted by Crippen LogP contribution is -2.15. The number of pyridine rings is 1. The van der Waals surface area contributed by atoms with Crippen molar-refractivity contribution in [2.75, 3.05) is 5.32 Å². The van der Waals surface area contributed by atoms with Crippen LogP contribution in [0.5, 0.6) is 0 Å². The first-order valence-corrected chi connectivity index (χ1v) is 6.03. The molecule has 0 aliphatic heterocycles. The largest absolute Gasteiger partial charge is 0.309 e. The van der Waals surface area contributed by atoms with E-state index in [1.807, 2.05) is 18.2 Å². The Balaban J connectivity index is 1.86. The van der Waals surface area contributed by atoms with Crippen molar-refractivity contribution < 1.29 is 9.18 Å². The van der Waals surface area contributed by atoms with Gasteiger partial charge in [0.25, 0.3) is 0 Å². The summed E-state index contributed by atoms with van der Waals surface area (Å²) >= 11 is 3.38. The molecule has 3 rings (SSSR count). The zero-order chi connectivity index (χ0) is 12.0. The number of halogens is 2. The fourth-order valence-electron chi connectivity index (χ4n) is 1.69. The number of hydrogen-bond acceptors (Lipinski definition) is 2. The van der Waals surface area contributed by atoms with Crippen LogP contribution in [0.4, 0.5) is 10.2 Å². The van der Waals surface area contributed by atoms with E-state index in [9.17, 15) is 9.18 Å². The average Bonchev–Trinajstić information content (AvgIpc) is 2.87. The van der Waals surface area contributed by atoms with Crippen molar-refractivity contribution in [3.8, 4) is 0 Å². The van der Waals surface area contributed by atoms with Crippen LogP contribution in [0.15, 0.2) is 29.0 Å². The molecule has 2 aromatic heterocycles. The van der Waals surface area contributed by atoms with E-state index in [2.05, 4.69) is 26.2 Å². The Bertz CT molecular complexity index is 597. The molecule has 0 bridgehead atoms. The Labute approximate surface area is 105 Å². The highest BCUT2D eigenvalue weighted by atomic mass is 79.9. The van der Waals surface area contributed by atoms with Crippen molar-refractivity contribution in [1.82, 2.24) is 9.38 Å². The fourth-order valence-corrected chi connectivity index (χ4v) is 2.13. The van der Waals surface area contributed by atoms with Gasteiger partial charge in [0.1, 0.15) is 11.8 Å². The number of hydrogen-bond donors (Lipinski definition) is 1. The SMILES string of the molecule is O=C(Nc1cn2c(Br)cccc2n1)C1CC1F. The van der Waals surface area contributed by atoms with E-state index in [0.29, 0.717) is 12.2 Å². The van der Waals surface area contributed by atoms with E-state index < -0.39 is 12.1 Å².